The Kier molecular flexibility index (Phi) is 2.44. The minimum absolute atomic E-state index is 0.135. The molecular formula is C16H14O2. The van der Waals surface area contributed by atoms with E-state index < -0.39 is 5.41 Å². The van der Waals surface area contributed by atoms with Crippen LogP contribution in [0, 0.1) is 0 Å². The fraction of sp³-hybridized carbons (Fsp3) is 0.188. The lowest BCUT2D eigenvalue weighted by molar-refractivity contribution is 0.0792. The number of carbonyl (C=O) groups excluding carboxylic acids is 1. The van der Waals surface area contributed by atoms with E-state index in [2.05, 4.69) is 0 Å². The average Bonchev–Trinajstić information content (AvgIpc) is 2.44. The van der Waals surface area contributed by atoms with Gasteiger partial charge in [-0.1, -0.05) is 42.5 Å². The summed E-state index contributed by atoms with van der Waals surface area (Å²) in [4.78, 5) is 12.7. The molecule has 3 rings (SSSR count). The van der Waals surface area contributed by atoms with Gasteiger partial charge in [-0.3, -0.25) is 4.79 Å². The third-order valence-corrected chi connectivity index (χ3v) is 3.56. The first kappa shape index (κ1) is 11.0. The summed E-state index contributed by atoms with van der Waals surface area (Å²) in [5.74, 6) is 0.825. The second kappa shape index (κ2) is 3.98. The lowest BCUT2D eigenvalue weighted by Gasteiger charge is -2.33. The lowest BCUT2D eigenvalue weighted by Crippen LogP contribution is -2.42. The maximum absolute atomic E-state index is 12.7. The van der Waals surface area contributed by atoms with Crippen LogP contribution in [0.1, 0.15) is 22.8 Å². The number of Topliss-reactive ketones (excluding diaryl/α,β-unsaturated/α-hetero) is 1. The second-order valence-corrected chi connectivity index (χ2v) is 4.81. The van der Waals surface area contributed by atoms with Gasteiger partial charge in [0.15, 0.2) is 5.78 Å². The number of ether oxygens (including phenoxy) is 1. The highest BCUT2D eigenvalue weighted by molar-refractivity contribution is 6.06. The molecule has 2 aromatic carbocycles. The highest BCUT2D eigenvalue weighted by Crippen LogP contribution is 2.36. The third-order valence-electron chi connectivity index (χ3n) is 3.56. The minimum Gasteiger partial charge on any atom is -0.491 e. The molecule has 0 radical (unpaired) electrons. The van der Waals surface area contributed by atoms with Gasteiger partial charge in [0.2, 0.25) is 0 Å². The summed E-state index contributed by atoms with van der Waals surface area (Å²) < 4.78 is 5.74. The number of rotatable bonds is 1. The van der Waals surface area contributed by atoms with Crippen LogP contribution >= 0.6 is 0 Å². The molecule has 0 N–H and O–H groups in total. The first-order valence-electron chi connectivity index (χ1n) is 6.04. The van der Waals surface area contributed by atoms with Gasteiger partial charge in [-0.2, -0.15) is 0 Å². The van der Waals surface area contributed by atoms with Crippen molar-refractivity contribution >= 4 is 5.78 Å². The molecule has 1 heterocycles. The number of ketones is 1. The van der Waals surface area contributed by atoms with E-state index in [1.807, 2.05) is 61.5 Å². The van der Waals surface area contributed by atoms with E-state index in [4.69, 9.17) is 4.74 Å². The third kappa shape index (κ3) is 1.53. The van der Waals surface area contributed by atoms with E-state index >= 15 is 0 Å². The average molecular weight is 238 g/mol. The Morgan fingerprint density at radius 3 is 2.44 bits per heavy atom. The van der Waals surface area contributed by atoms with Crippen LogP contribution in [-0.4, -0.2) is 12.4 Å². The molecule has 0 amide bonds. The Balaban J connectivity index is 2.10. The van der Waals surface area contributed by atoms with Crippen molar-refractivity contribution in [3.8, 4) is 5.75 Å². The predicted molar refractivity (Wildman–Crippen MR) is 70.1 cm³/mol. The summed E-state index contributed by atoms with van der Waals surface area (Å²) in [6.45, 7) is 2.34. The van der Waals surface area contributed by atoms with E-state index in [9.17, 15) is 4.79 Å². The molecule has 18 heavy (non-hydrogen) atoms. The fourth-order valence-electron chi connectivity index (χ4n) is 2.39. The van der Waals surface area contributed by atoms with Crippen molar-refractivity contribution in [1.82, 2.24) is 0 Å². The fourth-order valence-corrected chi connectivity index (χ4v) is 2.39. The van der Waals surface area contributed by atoms with Gasteiger partial charge in [0.1, 0.15) is 12.4 Å². The highest BCUT2D eigenvalue weighted by Gasteiger charge is 2.41. The molecule has 1 aliphatic rings. The van der Waals surface area contributed by atoms with Crippen LogP contribution in [0.4, 0.5) is 0 Å². The van der Waals surface area contributed by atoms with E-state index in [0.29, 0.717) is 17.9 Å². The molecule has 0 spiro atoms. The summed E-state index contributed by atoms with van der Waals surface area (Å²) in [5.41, 5.74) is 1.09. The van der Waals surface area contributed by atoms with Crippen molar-refractivity contribution in [3.05, 3.63) is 65.7 Å². The van der Waals surface area contributed by atoms with Crippen molar-refractivity contribution in [3.63, 3.8) is 0 Å². The largest absolute Gasteiger partial charge is 0.491 e. The van der Waals surface area contributed by atoms with Crippen LogP contribution in [-0.2, 0) is 5.41 Å². The Bertz CT molecular complexity index is 589. The first-order chi connectivity index (χ1) is 8.72. The molecule has 0 bridgehead atoms. The summed E-state index contributed by atoms with van der Waals surface area (Å²) in [7, 11) is 0. The molecule has 0 aromatic heterocycles. The predicted octanol–water partition coefficient (Wildman–Crippen LogP) is 3.22. The first-order valence-corrected chi connectivity index (χ1v) is 6.04. The van der Waals surface area contributed by atoms with Gasteiger partial charge in [-0.05, 0) is 24.6 Å². The Morgan fingerprint density at radius 2 is 1.67 bits per heavy atom. The van der Waals surface area contributed by atoms with E-state index in [-0.39, 0.29) is 5.78 Å². The Morgan fingerprint density at radius 1 is 1.00 bits per heavy atom. The van der Waals surface area contributed by atoms with Gasteiger partial charge in [-0.25, -0.2) is 0 Å². The smallest absolute Gasteiger partial charge is 0.180 e. The zero-order valence-electron chi connectivity index (χ0n) is 10.2. The van der Waals surface area contributed by atoms with Crippen LogP contribution in [0.3, 0.4) is 0 Å². The molecule has 0 unspecified atom stereocenters. The van der Waals surface area contributed by atoms with Crippen molar-refractivity contribution in [2.75, 3.05) is 6.61 Å². The summed E-state index contributed by atoms with van der Waals surface area (Å²) in [5, 5.41) is 0. The zero-order valence-corrected chi connectivity index (χ0v) is 10.2. The van der Waals surface area contributed by atoms with E-state index in [0.717, 1.165) is 5.56 Å². The number of para-hydroxylation sites is 1. The normalized spacial score (nSPS) is 22.2. The van der Waals surface area contributed by atoms with Gasteiger partial charge in [0.25, 0.3) is 0 Å². The molecule has 0 aliphatic carbocycles. The Hall–Kier alpha value is -2.09. The standard InChI is InChI=1S/C16H14O2/c1-16(12-7-3-2-4-8-12)11-18-14-10-6-5-9-13(14)15(16)17/h2-10H,11H2,1H3/t16-/m1/s1. The number of hydrogen-bond acceptors (Lipinski definition) is 2. The van der Waals surface area contributed by atoms with Gasteiger partial charge in [-0.15, -0.1) is 0 Å². The molecule has 1 atom stereocenters. The van der Waals surface area contributed by atoms with Crippen molar-refractivity contribution < 1.29 is 9.53 Å². The molecule has 1 aliphatic heterocycles. The topological polar surface area (TPSA) is 26.3 Å². The van der Waals surface area contributed by atoms with E-state index in [1.54, 1.807) is 0 Å². The van der Waals surface area contributed by atoms with Gasteiger partial charge in [0.05, 0.1) is 11.0 Å². The molecule has 2 nitrogen and oxygen atoms in total. The second-order valence-electron chi connectivity index (χ2n) is 4.81. The maximum atomic E-state index is 12.7. The SMILES string of the molecule is C[C@]1(c2ccccc2)COc2ccccc2C1=O. The quantitative estimate of drug-likeness (QED) is 0.762. The molecule has 2 heteroatoms. The number of fused-ring (bicyclic) bond motifs is 1. The highest BCUT2D eigenvalue weighted by atomic mass is 16.5. The van der Waals surface area contributed by atoms with Crippen LogP contribution in [0.5, 0.6) is 5.75 Å². The maximum Gasteiger partial charge on any atom is 0.180 e. The van der Waals surface area contributed by atoms with Crippen LogP contribution in [0.2, 0.25) is 0 Å². The molecule has 90 valence electrons. The molecule has 2 aromatic rings. The van der Waals surface area contributed by atoms with Gasteiger partial charge < -0.3 is 4.74 Å². The van der Waals surface area contributed by atoms with Gasteiger partial charge in [0, 0.05) is 0 Å². The van der Waals surface area contributed by atoms with E-state index in [1.165, 1.54) is 0 Å². The molecule has 0 saturated heterocycles. The zero-order chi connectivity index (χ0) is 12.6. The lowest BCUT2D eigenvalue weighted by atomic mass is 9.75. The summed E-state index contributed by atoms with van der Waals surface area (Å²) in [6, 6.07) is 17.3. The molecule has 0 saturated carbocycles. The van der Waals surface area contributed by atoms with Crippen molar-refractivity contribution in [1.29, 1.82) is 0 Å². The monoisotopic (exact) mass is 238 g/mol. The van der Waals surface area contributed by atoms with Crippen molar-refractivity contribution in [2.45, 2.75) is 12.3 Å². The van der Waals surface area contributed by atoms with Crippen LogP contribution in [0.15, 0.2) is 54.6 Å². The Labute approximate surface area is 106 Å². The minimum atomic E-state index is -0.588. The number of benzene rings is 2. The molecule has 0 fully saturated rings. The number of carbonyl (C=O) groups is 1. The number of hydrogen-bond donors (Lipinski definition) is 0. The molecular weight excluding hydrogens is 224 g/mol. The summed E-state index contributed by atoms with van der Waals surface area (Å²) in [6.07, 6.45) is 0. The van der Waals surface area contributed by atoms with Crippen molar-refractivity contribution in [2.24, 2.45) is 0 Å². The van der Waals surface area contributed by atoms with Gasteiger partial charge >= 0.3 is 0 Å². The summed E-state index contributed by atoms with van der Waals surface area (Å²) >= 11 is 0. The van der Waals surface area contributed by atoms with Crippen LogP contribution < -0.4 is 4.74 Å². The van der Waals surface area contributed by atoms with Crippen LogP contribution in [0.25, 0.3) is 0 Å².